The number of nitrogens with one attached hydrogen (secondary N) is 1. The van der Waals surface area contributed by atoms with Crippen LogP contribution in [-0.2, 0) is 6.54 Å². The zero-order valence-electron chi connectivity index (χ0n) is 13.1. The molecule has 126 valence electrons. The van der Waals surface area contributed by atoms with Gasteiger partial charge in [0.05, 0.1) is 18.4 Å². The molecule has 0 saturated carbocycles. The Labute approximate surface area is 142 Å². The van der Waals surface area contributed by atoms with Gasteiger partial charge in [0.15, 0.2) is 11.6 Å². The molecule has 0 spiro atoms. The quantitative estimate of drug-likeness (QED) is 0.772. The van der Waals surface area contributed by atoms with Crippen LogP contribution in [0, 0.1) is 11.6 Å². The molecule has 0 unspecified atom stereocenters. The largest absolute Gasteiger partial charge is 0.467 e. The second kappa shape index (κ2) is 6.05. The Hall–Kier alpha value is -3.15. The van der Waals surface area contributed by atoms with E-state index in [9.17, 15) is 13.6 Å². The third-order valence-electron chi connectivity index (χ3n) is 4.19. The number of carbonyl (C=O) groups excluding carboxylic acids is 1. The summed E-state index contributed by atoms with van der Waals surface area (Å²) in [6.07, 6.45) is 0.889. The van der Waals surface area contributed by atoms with Crippen molar-refractivity contribution in [3.8, 4) is 0 Å². The highest BCUT2D eigenvalue weighted by Gasteiger charge is 2.33. The summed E-state index contributed by atoms with van der Waals surface area (Å²) >= 11 is 0. The molecule has 1 aromatic heterocycles. The lowest BCUT2D eigenvalue weighted by Gasteiger charge is -2.37. The molecule has 2 aromatic carbocycles. The van der Waals surface area contributed by atoms with Crippen molar-refractivity contribution < 1.29 is 18.0 Å². The van der Waals surface area contributed by atoms with Crippen LogP contribution in [0.2, 0.25) is 0 Å². The highest BCUT2D eigenvalue weighted by molar-refractivity contribution is 6.01. The lowest BCUT2D eigenvalue weighted by Crippen LogP contribution is -2.42. The van der Waals surface area contributed by atoms with E-state index in [1.54, 1.807) is 30.3 Å². The zero-order valence-corrected chi connectivity index (χ0v) is 13.1. The van der Waals surface area contributed by atoms with E-state index < -0.39 is 17.8 Å². The first kappa shape index (κ1) is 15.4. The Kier molecular flexibility index (Phi) is 3.72. The summed E-state index contributed by atoms with van der Waals surface area (Å²) < 4.78 is 32.3. The van der Waals surface area contributed by atoms with Gasteiger partial charge in [-0.25, -0.2) is 8.78 Å². The van der Waals surface area contributed by atoms with Crippen molar-refractivity contribution in [1.29, 1.82) is 0 Å². The van der Waals surface area contributed by atoms with Crippen molar-refractivity contribution in [2.75, 3.05) is 5.32 Å². The van der Waals surface area contributed by atoms with Gasteiger partial charge in [-0.2, -0.15) is 0 Å². The van der Waals surface area contributed by atoms with Gasteiger partial charge in [0.25, 0.3) is 5.91 Å². The molecular weight excluding hydrogens is 326 g/mol. The minimum atomic E-state index is -0.955. The molecule has 0 fully saturated rings. The number of carbonyl (C=O) groups is 1. The molecule has 0 radical (unpaired) electrons. The summed E-state index contributed by atoms with van der Waals surface area (Å²) in [6, 6.07) is 14.2. The fourth-order valence-electron chi connectivity index (χ4n) is 2.97. The summed E-state index contributed by atoms with van der Waals surface area (Å²) in [5, 5.41) is 3.23. The number of hydrogen-bond acceptors (Lipinski definition) is 3. The van der Waals surface area contributed by atoms with E-state index in [1.807, 2.05) is 6.07 Å². The molecule has 1 N–H and O–H groups in total. The summed E-state index contributed by atoms with van der Waals surface area (Å²) in [6.45, 7) is 0.205. The molecule has 0 bridgehead atoms. The van der Waals surface area contributed by atoms with E-state index in [0.29, 0.717) is 22.6 Å². The van der Waals surface area contributed by atoms with E-state index in [4.69, 9.17) is 4.42 Å². The molecule has 4 rings (SSSR count). The van der Waals surface area contributed by atoms with Crippen molar-refractivity contribution >= 4 is 11.6 Å². The Bertz CT molecular complexity index is 925. The molecule has 25 heavy (non-hydrogen) atoms. The third-order valence-corrected chi connectivity index (χ3v) is 4.19. The van der Waals surface area contributed by atoms with Gasteiger partial charge >= 0.3 is 0 Å². The number of halogens is 2. The van der Waals surface area contributed by atoms with Gasteiger partial charge in [0, 0.05) is 5.69 Å². The highest BCUT2D eigenvalue weighted by Crippen LogP contribution is 2.34. The second-order valence-electron chi connectivity index (χ2n) is 5.78. The Balaban J connectivity index is 1.78. The van der Waals surface area contributed by atoms with Crippen LogP contribution in [0.25, 0.3) is 0 Å². The van der Waals surface area contributed by atoms with Gasteiger partial charge in [0.2, 0.25) is 0 Å². The van der Waals surface area contributed by atoms with Crippen LogP contribution >= 0.6 is 0 Å². The number of furan rings is 1. The highest BCUT2D eigenvalue weighted by atomic mass is 19.2. The maximum absolute atomic E-state index is 13.7. The van der Waals surface area contributed by atoms with E-state index in [-0.39, 0.29) is 12.5 Å². The number of fused-ring (bicyclic) bond motifs is 1. The van der Waals surface area contributed by atoms with Crippen molar-refractivity contribution in [3.05, 3.63) is 89.4 Å². The van der Waals surface area contributed by atoms with Crippen molar-refractivity contribution in [1.82, 2.24) is 4.90 Å². The minimum Gasteiger partial charge on any atom is -0.467 e. The predicted octanol–water partition coefficient (Wildman–Crippen LogP) is 4.32. The van der Waals surface area contributed by atoms with E-state index in [0.717, 1.165) is 12.1 Å². The molecular formula is C19H14F2N2O2. The Morgan fingerprint density at radius 3 is 2.64 bits per heavy atom. The number of para-hydroxylation sites is 1. The van der Waals surface area contributed by atoms with Crippen LogP contribution in [0.3, 0.4) is 0 Å². The molecule has 3 aromatic rings. The van der Waals surface area contributed by atoms with Crippen LogP contribution in [-0.4, -0.2) is 10.8 Å². The molecule has 1 amide bonds. The normalized spacial score (nSPS) is 16.5. The lowest BCUT2D eigenvalue weighted by atomic mass is 10.0. The summed E-state index contributed by atoms with van der Waals surface area (Å²) in [4.78, 5) is 14.5. The molecule has 0 aliphatic carbocycles. The van der Waals surface area contributed by atoms with Gasteiger partial charge in [0.1, 0.15) is 11.9 Å². The van der Waals surface area contributed by atoms with Crippen molar-refractivity contribution in [3.63, 3.8) is 0 Å². The number of amides is 1. The van der Waals surface area contributed by atoms with Crippen LogP contribution < -0.4 is 5.32 Å². The summed E-state index contributed by atoms with van der Waals surface area (Å²) in [7, 11) is 0. The first-order valence-corrected chi connectivity index (χ1v) is 7.77. The standard InChI is InChI=1S/C19H14F2N2O2/c20-15-8-7-12(10-16(15)21)18-22-17-6-2-1-5-14(17)19(24)23(18)11-13-4-3-9-25-13/h1-10,18,22H,11H2/t18-/m1/s1. The van der Waals surface area contributed by atoms with E-state index in [1.165, 1.54) is 17.2 Å². The molecule has 6 heteroatoms. The fourth-order valence-corrected chi connectivity index (χ4v) is 2.97. The summed E-state index contributed by atoms with van der Waals surface area (Å²) in [5.74, 6) is -1.49. The molecule has 1 aliphatic rings. The van der Waals surface area contributed by atoms with E-state index >= 15 is 0 Å². The van der Waals surface area contributed by atoms with Gasteiger partial charge in [-0.15, -0.1) is 0 Å². The van der Waals surface area contributed by atoms with Crippen LogP contribution in [0.4, 0.5) is 14.5 Å². The first-order chi connectivity index (χ1) is 12.1. The van der Waals surface area contributed by atoms with Crippen molar-refractivity contribution in [2.24, 2.45) is 0 Å². The molecule has 1 aliphatic heterocycles. The smallest absolute Gasteiger partial charge is 0.258 e. The number of benzene rings is 2. The maximum Gasteiger partial charge on any atom is 0.258 e. The average molecular weight is 340 g/mol. The maximum atomic E-state index is 13.7. The Morgan fingerprint density at radius 1 is 1.04 bits per heavy atom. The second-order valence-corrected chi connectivity index (χ2v) is 5.78. The predicted molar refractivity (Wildman–Crippen MR) is 87.7 cm³/mol. The molecule has 4 nitrogen and oxygen atoms in total. The van der Waals surface area contributed by atoms with Crippen LogP contribution in [0.15, 0.2) is 65.3 Å². The number of hydrogen-bond donors (Lipinski definition) is 1. The number of anilines is 1. The monoisotopic (exact) mass is 340 g/mol. The minimum absolute atomic E-state index is 0.205. The van der Waals surface area contributed by atoms with Crippen molar-refractivity contribution in [2.45, 2.75) is 12.7 Å². The van der Waals surface area contributed by atoms with Gasteiger partial charge in [-0.1, -0.05) is 18.2 Å². The molecule has 2 heterocycles. The van der Waals surface area contributed by atoms with Gasteiger partial charge in [-0.05, 0) is 42.0 Å². The average Bonchev–Trinajstić information content (AvgIpc) is 3.13. The van der Waals surface area contributed by atoms with Gasteiger partial charge in [-0.3, -0.25) is 4.79 Å². The molecule has 1 atom stereocenters. The SMILES string of the molecule is O=C1c2ccccc2N[C@@H](c2ccc(F)c(F)c2)N1Cc1ccco1. The van der Waals surface area contributed by atoms with Gasteiger partial charge < -0.3 is 14.6 Å². The molecule has 0 saturated heterocycles. The fraction of sp³-hybridized carbons (Fsp3) is 0.105. The van der Waals surface area contributed by atoms with E-state index in [2.05, 4.69) is 5.32 Å². The number of rotatable bonds is 3. The topological polar surface area (TPSA) is 45.5 Å². The number of nitrogens with zero attached hydrogens (tertiary/aromatic N) is 1. The lowest BCUT2D eigenvalue weighted by molar-refractivity contribution is 0.0651. The van der Waals surface area contributed by atoms with Crippen LogP contribution in [0.1, 0.15) is 27.8 Å². The van der Waals surface area contributed by atoms with Crippen LogP contribution in [0.5, 0.6) is 0 Å². The zero-order chi connectivity index (χ0) is 17.4. The first-order valence-electron chi connectivity index (χ1n) is 7.77. The third kappa shape index (κ3) is 2.76. The Morgan fingerprint density at radius 2 is 1.88 bits per heavy atom. The summed E-state index contributed by atoms with van der Waals surface area (Å²) in [5.41, 5.74) is 1.62.